The first-order valence-corrected chi connectivity index (χ1v) is 9.50. The maximum atomic E-state index is 12.6. The molecule has 0 spiro atoms. The highest BCUT2D eigenvalue weighted by atomic mass is 16.5. The number of methoxy groups -OCH3 is 1. The Kier molecular flexibility index (Phi) is 6.71. The third-order valence-electron chi connectivity index (χ3n) is 5.01. The van der Waals surface area contributed by atoms with E-state index < -0.39 is 0 Å². The van der Waals surface area contributed by atoms with E-state index in [0.29, 0.717) is 24.6 Å². The first kappa shape index (κ1) is 19.2. The first-order chi connectivity index (χ1) is 13.2. The number of nitrogens with zero attached hydrogens (tertiary/aromatic N) is 1. The van der Waals surface area contributed by atoms with E-state index in [9.17, 15) is 4.79 Å². The predicted molar refractivity (Wildman–Crippen MR) is 107 cm³/mol. The molecule has 0 unspecified atom stereocenters. The van der Waals surface area contributed by atoms with Crippen LogP contribution in [-0.2, 0) is 0 Å². The van der Waals surface area contributed by atoms with Gasteiger partial charge in [0.2, 0.25) is 0 Å². The smallest absolute Gasteiger partial charge is 0.253 e. The van der Waals surface area contributed by atoms with Gasteiger partial charge < -0.3 is 19.7 Å². The summed E-state index contributed by atoms with van der Waals surface area (Å²) in [7, 11) is 3.43. The molecule has 1 atom stereocenters. The van der Waals surface area contributed by atoms with Crippen molar-refractivity contribution in [1.29, 1.82) is 0 Å². The Morgan fingerprint density at radius 3 is 2.67 bits per heavy atom. The van der Waals surface area contributed by atoms with E-state index >= 15 is 0 Å². The van der Waals surface area contributed by atoms with Gasteiger partial charge in [0.05, 0.1) is 13.7 Å². The molecule has 1 heterocycles. The molecule has 1 aliphatic rings. The van der Waals surface area contributed by atoms with Gasteiger partial charge in [0.25, 0.3) is 5.91 Å². The average molecular weight is 368 g/mol. The van der Waals surface area contributed by atoms with Crippen molar-refractivity contribution in [2.75, 3.05) is 40.4 Å². The minimum Gasteiger partial charge on any atom is -0.497 e. The lowest BCUT2D eigenvalue weighted by Gasteiger charge is -2.23. The Morgan fingerprint density at radius 1 is 1.19 bits per heavy atom. The van der Waals surface area contributed by atoms with E-state index in [4.69, 9.17) is 9.47 Å². The minimum absolute atomic E-state index is 0.0116. The van der Waals surface area contributed by atoms with Crippen molar-refractivity contribution in [1.82, 2.24) is 10.2 Å². The highest BCUT2D eigenvalue weighted by Crippen LogP contribution is 2.23. The van der Waals surface area contributed by atoms with Gasteiger partial charge in [0, 0.05) is 25.2 Å². The Balaban J connectivity index is 1.50. The Labute approximate surface area is 161 Å². The number of carbonyl (C=O) groups is 1. The number of benzene rings is 2. The number of carbonyl (C=O) groups excluding carboxylic acids is 1. The lowest BCUT2D eigenvalue weighted by molar-refractivity contribution is 0.0773. The highest BCUT2D eigenvalue weighted by Gasteiger charge is 2.16. The molecule has 2 aromatic rings. The minimum atomic E-state index is 0.0116. The van der Waals surface area contributed by atoms with Crippen molar-refractivity contribution >= 4 is 5.91 Å². The van der Waals surface area contributed by atoms with Gasteiger partial charge in [0.1, 0.15) is 18.1 Å². The second-order valence-electron chi connectivity index (χ2n) is 6.92. The Morgan fingerprint density at radius 2 is 1.96 bits per heavy atom. The number of likely N-dealkylation sites (N-methyl/N-ethyl adjacent to an activating group) is 1. The fourth-order valence-corrected chi connectivity index (χ4v) is 3.35. The van der Waals surface area contributed by atoms with Crippen LogP contribution in [0.5, 0.6) is 11.5 Å². The number of piperidine rings is 1. The number of hydrogen-bond acceptors (Lipinski definition) is 4. The number of nitrogens with one attached hydrogen (secondary N) is 1. The number of rotatable bonds is 7. The van der Waals surface area contributed by atoms with Crippen molar-refractivity contribution in [3.8, 4) is 11.5 Å². The molecule has 5 heteroatoms. The summed E-state index contributed by atoms with van der Waals surface area (Å²) < 4.78 is 10.9. The van der Waals surface area contributed by atoms with E-state index in [1.165, 1.54) is 18.4 Å². The van der Waals surface area contributed by atoms with Crippen LogP contribution in [0.25, 0.3) is 0 Å². The molecule has 0 saturated carbocycles. The molecular weight excluding hydrogens is 340 g/mol. The molecule has 0 aromatic heterocycles. The summed E-state index contributed by atoms with van der Waals surface area (Å²) in [6.45, 7) is 3.08. The monoisotopic (exact) mass is 368 g/mol. The maximum Gasteiger partial charge on any atom is 0.253 e. The zero-order valence-corrected chi connectivity index (χ0v) is 16.1. The Hall–Kier alpha value is -2.53. The lowest BCUT2D eigenvalue weighted by atomic mass is 9.91. The number of ether oxygens (including phenoxy) is 2. The molecule has 1 amide bonds. The molecule has 0 bridgehead atoms. The van der Waals surface area contributed by atoms with Crippen molar-refractivity contribution in [3.63, 3.8) is 0 Å². The third kappa shape index (κ3) is 5.23. The molecule has 0 radical (unpaired) electrons. The molecule has 2 aromatic carbocycles. The molecule has 1 fully saturated rings. The fraction of sp³-hybridized carbons (Fsp3) is 0.409. The van der Waals surface area contributed by atoms with Gasteiger partial charge in [-0.15, -0.1) is 0 Å². The molecule has 27 heavy (non-hydrogen) atoms. The Bertz CT molecular complexity index is 739. The van der Waals surface area contributed by atoms with Gasteiger partial charge in [-0.25, -0.2) is 0 Å². The largest absolute Gasteiger partial charge is 0.497 e. The third-order valence-corrected chi connectivity index (χ3v) is 5.01. The summed E-state index contributed by atoms with van der Waals surface area (Å²) in [5.41, 5.74) is 2.02. The van der Waals surface area contributed by atoms with Crippen LogP contribution in [0.1, 0.15) is 34.7 Å². The van der Waals surface area contributed by atoms with Crippen molar-refractivity contribution in [3.05, 3.63) is 59.7 Å². The molecule has 3 rings (SSSR count). The van der Waals surface area contributed by atoms with Crippen LogP contribution >= 0.6 is 0 Å². The van der Waals surface area contributed by atoms with Gasteiger partial charge in [-0.3, -0.25) is 4.79 Å². The van der Waals surface area contributed by atoms with E-state index in [1.54, 1.807) is 19.1 Å². The predicted octanol–water partition coefficient (Wildman–Crippen LogP) is 3.31. The van der Waals surface area contributed by atoms with E-state index in [0.717, 1.165) is 24.6 Å². The molecule has 144 valence electrons. The van der Waals surface area contributed by atoms with Crippen LogP contribution in [0, 0.1) is 0 Å². The summed E-state index contributed by atoms with van der Waals surface area (Å²) in [5, 5.41) is 3.44. The second kappa shape index (κ2) is 9.42. The second-order valence-corrected chi connectivity index (χ2v) is 6.92. The van der Waals surface area contributed by atoms with Crippen LogP contribution in [0.2, 0.25) is 0 Å². The van der Waals surface area contributed by atoms with Crippen LogP contribution < -0.4 is 14.8 Å². The molecule has 1 aliphatic heterocycles. The van der Waals surface area contributed by atoms with Gasteiger partial charge in [-0.1, -0.05) is 18.2 Å². The molecule has 5 nitrogen and oxygen atoms in total. The zero-order valence-electron chi connectivity index (χ0n) is 16.1. The summed E-state index contributed by atoms with van der Waals surface area (Å²) >= 11 is 0. The van der Waals surface area contributed by atoms with Gasteiger partial charge >= 0.3 is 0 Å². The molecule has 1 N–H and O–H groups in total. The maximum absolute atomic E-state index is 12.6. The van der Waals surface area contributed by atoms with Crippen molar-refractivity contribution in [2.24, 2.45) is 0 Å². The zero-order chi connectivity index (χ0) is 19.1. The van der Waals surface area contributed by atoms with Crippen molar-refractivity contribution < 1.29 is 14.3 Å². The quantitative estimate of drug-likeness (QED) is 0.815. The first-order valence-electron chi connectivity index (χ1n) is 9.50. The summed E-state index contributed by atoms with van der Waals surface area (Å²) in [5.74, 6) is 2.06. The number of hydrogen-bond donors (Lipinski definition) is 1. The normalized spacial score (nSPS) is 16.6. The van der Waals surface area contributed by atoms with Crippen LogP contribution in [0.15, 0.2) is 48.5 Å². The van der Waals surface area contributed by atoms with Crippen LogP contribution in [0.3, 0.4) is 0 Å². The van der Waals surface area contributed by atoms with Gasteiger partial charge in [0.15, 0.2) is 0 Å². The van der Waals surface area contributed by atoms with Gasteiger partial charge in [-0.2, -0.15) is 0 Å². The number of amides is 1. The summed E-state index contributed by atoms with van der Waals surface area (Å²) in [4.78, 5) is 14.3. The van der Waals surface area contributed by atoms with E-state index in [1.807, 2.05) is 36.4 Å². The van der Waals surface area contributed by atoms with Gasteiger partial charge in [-0.05, 0) is 55.1 Å². The summed E-state index contributed by atoms with van der Waals surface area (Å²) in [6, 6.07) is 15.5. The topological polar surface area (TPSA) is 50.8 Å². The van der Waals surface area contributed by atoms with E-state index in [-0.39, 0.29) is 5.91 Å². The lowest BCUT2D eigenvalue weighted by Crippen LogP contribution is -2.31. The highest BCUT2D eigenvalue weighted by molar-refractivity contribution is 5.94. The molecular formula is C22H28N2O3. The fourth-order valence-electron chi connectivity index (χ4n) is 3.35. The standard InChI is InChI=1S/C22H28N2O3/c1-24(13-14-27-21-7-3-6-20(15-21)26-2)22(25)18-10-8-17(9-11-18)19-5-4-12-23-16-19/h3,6-11,15,19,23H,4-5,12-14,16H2,1-2H3/t19-/m0/s1. The summed E-state index contributed by atoms with van der Waals surface area (Å²) in [6.07, 6.45) is 2.42. The van der Waals surface area contributed by atoms with Crippen LogP contribution in [-0.4, -0.2) is 51.2 Å². The van der Waals surface area contributed by atoms with Crippen molar-refractivity contribution in [2.45, 2.75) is 18.8 Å². The molecule has 1 saturated heterocycles. The van der Waals surface area contributed by atoms with Crippen LogP contribution in [0.4, 0.5) is 0 Å². The molecule has 0 aliphatic carbocycles. The average Bonchev–Trinajstić information content (AvgIpc) is 2.74. The van der Waals surface area contributed by atoms with E-state index in [2.05, 4.69) is 17.4 Å². The SMILES string of the molecule is COc1cccc(OCCN(C)C(=O)c2ccc([C@H]3CCCNC3)cc2)c1.